The van der Waals surface area contributed by atoms with Crippen LogP contribution < -0.4 is 4.90 Å². The van der Waals surface area contributed by atoms with Crippen molar-refractivity contribution in [2.75, 3.05) is 24.5 Å². The van der Waals surface area contributed by atoms with Crippen LogP contribution in [0.15, 0.2) is 54.9 Å². The van der Waals surface area contributed by atoms with Gasteiger partial charge in [0.05, 0.1) is 28.4 Å². The van der Waals surface area contributed by atoms with Crippen LogP contribution >= 0.6 is 11.3 Å². The zero-order chi connectivity index (χ0) is 25.7. The molecule has 0 saturated carbocycles. The topological polar surface area (TPSA) is 82.9 Å². The molecular formula is C25H22F3N7OS. The van der Waals surface area contributed by atoms with Crippen molar-refractivity contribution in [2.24, 2.45) is 0 Å². The quantitative estimate of drug-likeness (QED) is 0.365. The highest BCUT2D eigenvalue weighted by atomic mass is 32.1. The number of anilines is 1. The zero-order valence-corrected chi connectivity index (χ0v) is 20.6. The number of carbonyl (C=O) groups excluding carboxylic acids is 1. The molecule has 37 heavy (non-hydrogen) atoms. The van der Waals surface area contributed by atoms with Crippen LogP contribution in [0.5, 0.6) is 0 Å². The number of hydrogen-bond acceptors (Lipinski definition) is 6. The first kappa shape index (κ1) is 23.5. The minimum Gasteiger partial charge on any atom is -0.358 e. The maximum Gasteiger partial charge on any atom is 0.443 e. The Hall–Kier alpha value is -3.93. The summed E-state index contributed by atoms with van der Waals surface area (Å²) in [5.74, 6) is 0.231. The van der Waals surface area contributed by atoms with Gasteiger partial charge in [0, 0.05) is 25.7 Å². The molecule has 1 atom stereocenters. The van der Waals surface area contributed by atoms with Crippen molar-refractivity contribution in [3.05, 3.63) is 59.9 Å². The van der Waals surface area contributed by atoms with Crippen molar-refractivity contribution in [1.29, 1.82) is 0 Å². The Balaban J connectivity index is 1.25. The molecule has 4 heterocycles. The Morgan fingerprint density at radius 1 is 1.08 bits per heavy atom. The van der Waals surface area contributed by atoms with Gasteiger partial charge >= 0.3 is 6.18 Å². The van der Waals surface area contributed by atoms with E-state index in [4.69, 9.17) is 0 Å². The molecule has 8 nitrogen and oxygen atoms in total. The van der Waals surface area contributed by atoms with Gasteiger partial charge in [-0.25, -0.2) is 15.0 Å². The minimum atomic E-state index is -4.57. The molecule has 1 aliphatic rings. The Morgan fingerprint density at radius 3 is 2.59 bits per heavy atom. The first-order valence-corrected chi connectivity index (χ1v) is 12.6. The van der Waals surface area contributed by atoms with Crippen molar-refractivity contribution < 1.29 is 18.0 Å². The number of alkyl halides is 3. The van der Waals surface area contributed by atoms with Crippen LogP contribution in [0.3, 0.4) is 0 Å². The maximum absolute atomic E-state index is 13.6. The molecule has 5 aromatic rings. The number of fused-ring (bicyclic) bond motifs is 2. The number of aromatic amines is 1. The molecule has 3 aromatic heterocycles. The molecule has 1 fully saturated rings. The average Bonchev–Trinajstić information content (AvgIpc) is 3.60. The van der Waals surface area contributed by atoms with Gasteiger partial charge in [0.2, 0.25) is 10.9 Å². The van der Waals surface area contributed by atoms with Crippen molar-refractivity contribution in [3.63, 3.8) is 0 Å². The number of hydrogen-bond donors (Lipinski definition) is 1. The molecule has 0 bridgehead atoms. The van der Waals surface area contributed by atoms with Crippen LogP contribution in [-0.2, 0) is 17.5 Å². The van der Waals surface area contributed by atoms with E-state index >= 15 is 0 Å². The minimum absolute atomic E-state index is 0.0619. The van der Waals surface area contributed by atoms with Gasteiger partial charge in [0.15, 0.2) is 5.82 Å². The molecule has 2 aromatic carbocycles. The summed E-state index contributed by atoms with van der Waals surface area (Å²) >= 11 is 0.609. The lowest BCUT2D eigenvalue weighted by atomic mass is 10.2. The van der Waals surface area contributed by atoms with Gasteiger partial charge in [0.25, 0.3) is 0 Å². The van der Waals surface area contributed by atoms with E-state index in [0.717, 1.165) is 16.6 Å². The predicted molar refractivity (Wildman–Crippen MR) is 135 cm³/mol. The molecule has 1 saturated heterocycles. The molecule has 0 aliphatic carbocycles. The van der Waals surface area contributed by atoms with Crippen LogP contribution in [0.1, 0.15) is 11.9 Å². The molecular weight excluding hydrogens is 503 g/mol. The van der Waals surface area contributed by atoms with E-state index in [1.807, 2.05) is 58.9 Å². The van der Waals surface area contributed by atoms with Crippen molar-refractivity contribution >= 4 is 44.3 Å². The third-order valence-electron chi connectivity index (χ3n) is 6.53. The van der Waals surface area contributed by atoms with E-state index in [1.165, 1.54) is 0 Å². The summed E-state index contributed by atoms with van der Waals surface area (Å²) in [7, 11) is 0. The summed E-state index contributed by atoms with van der Waals surface area (Å²) in [5.41, 5.74) is 3.24. The summed E-state index contributed by atoms with van der Waals surface area (Å²) in [4.78, 5) is 32.7. The monoisotopic (exact) mass is 525 g/mol. The first-order valence-electron chi connectivity index (χ1n) is 11.8. The van der Waals surface area contributed by atoms with Gasteiger partial charge in [-0.05, 0) is 31.2 Å². The Kier molecular flexibility index (Phi) is 5.63. The highest BCUT2D eigenvalue weighted by Crippen LogP contribution is 2.42. The van der Waals surface area contributed by atoms with Gasteiger partial charge in [-0.15, -0.1) is 0 Å². The number of amides is 1. The van der Waals surface area contributed by atoms with Gasteiger partial charge in [0.1, 0.15) is 17.2 Å². The van der Waals surface area contributed by atoms with Gasteiger partial charge in [-0.2, -0.15) is 13.2 Å². The van der Waals surface area contributed by atoms with Crippen LogP contribution in [0.4, 0.5) is 18.2 Å². The Morgan fingerprint density at radius 2 is 1.84 bits per heavy atom. The fourth-order valence-corrected chi connectivity index (χ4v) is 5.72. The van der Waals surface area contributed by atoms with Gasteiger partial charge in [-0.3, -0.25) is 4.79 Å². The first-order chi connectivity index (χ1) is 17.8. The summed E-state index contributed by atoms with van der Waals surface area (Å²) in [5, 5.41) is -0.526. The number of nitrogens with zero attached hydrogens (tertiary/aromatic N) is 6. The zero-order valence-electron chi connectivity index (χ0n) is 19.7. The molecule has 12 heteroatoms. The lowest BCUT2D eigenvalue weighted by molar-refractivity contribution is -0.137. The van der Waals surface area contributed by atoms with Crippen LogP contribution in [0.25, 0.3) is 33.6 Å². The smallest absolute Gasteiger partial charge is 0.358 e. The summed E-state index contributed by atoms with van der Waals surface area (Å²) in [6, 6.07) is 14.7. The fourth-order valence-electron chi connectivity index (χ4n) is 4.75. The standard InChI is InChI=1S/C25H22F3N7OS/c1-15-12-33(10-11-35(15)20(36)13-34-14-29-18-8-4-5-9-19(18)34)23-21(32-24(37-23)25(26,27)28)22-30-16-6-2-3-7-17(16)31-22/h2-9,14-15H,10-13H2,1H3,(H,30,31). The molecule has 0 radical (unpaired) electrons. The van der Waals surface area contributed by atoms with Crippen molar-refractivity contribution in [1.82, 2.24) is 29.4 Å². The van der Waals surface area contributed by atoms with E-state index in [1.54, 1.807) is 17.3 Å². The normalized spacial score (nSPS) is 16.7. The van der Waals surface area contributed by atoms with Crippen LogP contribution in [-0.4, -0.2) is 61.0 Å². The number of halogens is 3. The van der Waals surface area contributed by atoms with Crippen LogP contribution in [0.2, 0.25) is 0 Å². The predicted octanol–water partition coefficient (Wildman–Crippen LogP) is 4.79. The average molecular weight is 526 g/mol. The number of carbonyl (C=O) groups is 1. The molecule has 1 aliphatic heterocycles. The Bertz CT molecular complexity index is 1570. The highest BCUT2D eigenvalue weighted by Gasteiger charge is 2.39. The second-order valence-electron chi connectivity index (χ2n) is 9.02. The van der Waals surface area contributed by atoms with Crippen molar-refractivity contribution in [2.45, 2.75) is 25.7 Å². The van der Waals surface area contributed by atoms with E-state index in [0.29, 0.717) is 47.3 Å². The number of rotatable bonds is 4. The third kappa shape index (κ3) is 4.31. The Labute approximate surface area is 213 Å². The number of benzene rings is 2. The van der Waals surface area contributed by atoms with Crippen LogP contribution in [0, 0.1) is 0 Å². The van der Waals surface area contributed by atoms with E-state index in [2.05, 4.69) is 19.9 Å². The number of nitrogens with one attached hydrogen (secondary N) is 1. The SMILES string of the molecule is CC1CN(c2sc(C(F)(F)F)nc2-c2nc3ccccc3[nH]2)CCN1C(=O)Cn1cnc2ccccc21. The highest BCUT2D eigenvalue weighted by molar-refractivity contribution is 7.16. The fraction of sp³-hybridized carbons (Fsp3) is 0.280. The maximum atomic E-state index is 13.6. The second kappa shape index (κ2) is 8.87. The second-order valence-corrected chi connectivity index (χ2v) is 9.99. The van der Waals surface area contributed by atoms with E-state index in [-0.39, 0.29) is 24.2 Å². The lowest BCUT2D eigenvalue weighted by Gasteiger charge is -2.40. The lowest BCUT2D eigenvalue weighted by Crippen LogP contribution is -2.54. The van der Waals surface area contributed by atoms with E-state index in [9.17, 15) is 18.0 Å². The van der Waals surface area contributed by atoms with Gasteiger partial charge < -0.3 is 19.4 Å². The largest absolute Gasteiger partial charge is 0.443 e. The summed E-state index contributed by atoms with van der Waals surface area (Å²) in [6.07, 6.45) is -2.92. The molecule has 6 rings (SSSR count). The number of piperazine rings is 1. The van der Waals surface area contributed by atoms with Crippen molar-refractivity contribution in [3.8, 4) is 11.5 Å². The molecule has 0 spiro atoms. The summed E-state index contributed by atoms with van der Waals surface area (Å²) < 4.78 is 42.7. The third-order valence-corrected chi connectivity index (χ3v) is 7.69. The number of H-pyrrole nitrogens is 1. The summed E-state index contributed by atoms with van der Waals surface area (Å²) in [6.45, 7) is 3.19. The molecule has 1 amide bonds. The molecule has 1 unspecified atom stereocenters. The number of aromatic nitrogens is 5. The molecule has 1 N–H and O–H groups in total. The number of para-hydroxylation sites is 4. The number of imidazole rings is 2. The van der Waals surface area contributed by atoms with E-state index < -0.39 is 11.2 Å². The molecule has 190 valence electrons. The van der Waals surface area contributed by atoms with Gasteiger partial charge in [-0.1, -0.05) is 35.6 Å². The number of thiazole rings is 1.